The summed E-state index contributed by atoms with van der Waals surface area (Å²) in [6, 6.07) is 6.17. The van der Waals surface area contributed by atoms with Crippen molar-refractivity contribution in [3.05, 3.63) is 53.6 Å². The zero-order valence-electron chi connectivity index (χ0n) is 12.5. The number of rotatable bonds is 6. The first-order valence-corrected chi connectivity index (χ1v) is 9.23. The van der Waals surface area contributed by atoms with Crippen molar-refractivity contribution in [2.24, 2.45) is 0 Å². The predicted octanol–water partition coefficient (Wildman–Crippen LogP) is 3.16. The average molecular weight is 350 g/mol. The third-order valence-corrected chi connectivity index (χ3v) is 5.15. The summed E-state index contributed by atoms with van der Waals surface area (Å²) in [5.41, 5.74) is 1.20. The van der Waals surface area contributed by atoms with Crippen LogP contribution >= 0.6 is 23.5 Å². The summed E-state index contributed by atoms with van der Waals surface area (Å²) in [5.74, 6) is 1.44. The molecule has 0 heterocycles. The average Bonchev–Trinajstić information content (AvgIpc) is 2.55. The third kappa shape index (κ3) is 5.89. The van der Waals surface area contributed by atoms with Crippen molar-refractivity contribution in [2.45, 2.75) is 18.9 Å². The number of phenols is 1. The Balaban J connectivity index is 1.64. The van der Waals surface area contributed by atoms with Gasteiger partial charge < -0.3 is 10.2 Å². The van der Waals surface area contributed by atoms with Crippen molar-refractivity contribution in [3.8, 4) is 5.75 Å². The lowest BCUT2D eigenvalue weighted by Gasteiger charge is -2.09. The van der Waals surface area contributed by atoms with Gasteiger partial charge in [0, 0.05) is 22.6 Å². The minimum absolute atomic E-state index is 0.00279. The fourth-order valence-corrected chi connectivity index (χ4v) is 3.66. The van der Waals surface area contributed by atoms with Crippen LogP contribution < -0.4 is 0 Å². The number of hydrogen-bond donors (Lipinski definition) is 2. The number of allylic oxidation sites excluding steroid dienone is 1. The van der Waals surface area contributed by atoms with E-state index in [2.05, 4.69) is 0 Å². The SMILES string of the molecule is O=C(SCCCSC(=O)c1ccc(O)cc1)C1=CCC(O)C=C1. The smallest absolute Gasteiger partial charge is 0.219 e. The quantitative estimate of drug-likeness (QED) is 0.768. The maximum atomic E-state index is 11.9. The van der Waals surface area contributed by atoms with Crippen LogP contribution in [0.3, 0.4) is 0 Å². The van der Waals surface area contributed by atoms with E-state index in [1.165, 1.54) is 35.7 Å². The number of aliphatic hydroxyl groups is 1. The molecule has 1 aromatic rings. The lowest BCUT2D eigenvalue weighted by Crippen LogP contribution is -2.08. The van der Waals surface area contributed by atoms with E-state index >= 15 is 0 Å². The monoisotopic (exact) mass is 350 g/mol. The molecule has 0 bridgehead atoms. The maximum absolute atomic E-state index is 11.9. The number of carbonyl (C=O) groups is 2. The van der Waals surface area contributed by atoms with E-state index in [1.54, 1.807) is 30.4 Å². The first-order valence-electron chi connectivity index (χ1n) is 7.26. The summed E-state index contributed by atoms with van der Waals surface area (Å²) < 4.78 is 0. The summed E-state index contributed by atoms with van der Waals surface area (Å²) in [6.45, 7) is 0. The van der Waals surface area contributed by atoms with E-state index in [0.29, 0.717) is 29.1 Å². The van der Waals surface area contributed by atoms with Crippen LogP contribution in [0.25, 0.3) is 0 Å². The van der Waals surface area contributed by atoms with Gasteiger partial charge in [-0.1, -0.05) is 41.8 Å². The summed E-state index contributed by atoms with van der Waals surface area (Å²) in [7, 11) is 0. The summed E-state index contributed by atoms with van der Waals surface area (Å²) >= 11 is 2.45. The van der Waals surface area contributed by atoms with E-state index in [9.17, 15) is 19.8 Å². The first kappa shape index (κ1) is 17.8. The van der Waals surface area contributed by atoms with Crippen molar-refractivity contribution in [3.63, 3.8) is 0 Å². The van der Waals surface area contributed by atoms with Gasteiger partial charge in [0.15, 0.2) is 0 Å². The molecule has 0 saturated carbocycles. The third-order valence-electron chi connectivity index (χ3n) is 3.17. The molecule has 23 heavy (non-hydrogen) atoms. The largest absolute Gasteiger partial charge is 0.508 e. The van der Waals surface area contributed by atoms with E-state index < -0.39 is 6.10 Å². The van der Waals surface area contributed by atoms with Gasteiger partial charge in [-0.25, -0.2) is 0 Å². The van der Waals surface area contributed by atoms with Gasteiger partial charge in [-0.2, -0.15) is 0 Å². The van der Waals surface area contributed by atoms with Crippen LogP contribution in [-0.2, 0) is 4.79 Å². The number of phenolic OH excluding ortho intramolecular Hbond substituents is 1. The predicted molar refractivity (Wildman–Crippen MR) is 94.8 cm³/mol. The van der Waals surface area contributed by atoms with Gasteiger partial charge in [-0.15, -0.1) is 0 Å². The molecular formula is C17H18O4S2. The lowest BCUT2D eigenvalue weighted by molar-refractivity contribution is -0.107. The molecule has 122 valence electrons. The van der Waals surface area contributed by atoms with Crippen LogP contribution in [0.2, 0.25) is 0 Å². The maximum Gasteiger partial charge on any atom is 0.219 e. The molecule has 1 unspecified atom stereocenters. The lowest BCUT2D eigenvalue weighted by atomic mass is 10.1. The molecule has 0 spiro atoms. The molecule has 1 aromatic carbocycles. The van der Waals surface area contributed by atoms with Crippen molar-refractivity contribution in [1.29, 1.82) is 0 Å². The number of benzene rings is 1. The molecule has 2 N–H and O–H groups in total. The standard InChI is InChI=1S/C17H18O4S2/c18-14-6-2-12(3-7-14)16(20)22-10-1-11-23-17(21)13-4-8-15(19)9-5-13/h2-8,15,18-19H,1,9-11H2. The van der Waals surface area contributed by atoms with Gasteiger partial charge in [0.2, 0.25) is 10.2 Å². The Morgan fingerprint density at radius 1 is 1.09 bits per heavy atom. The van der Waals surface area contributed by atoms with Crippen LogP contribution in [-0.4, -0.2) is 38.1 Å². The molecule has 0 fully saturated rings. The van der Waals surface area contributed by atoms with E-state index in [0.717, 1.165) is 6.42 Å². The van der Waals surface area contributed by atoms with E-state index in [-0.39, 0.29) is 16.0 Å². The Hall–Kier alpha value is -1.50. The van der Waals surface area contributed by atoms with Crippen molar-refractivity contribution < 1.29 is 19.8 Å². The van der Waals surface area contributed by atoms with Crippen LogP contribution in [0.1, 0.15) is 23.2 Å². The molecule has 0 amide bonds. The Kier molecular flexibility index (Phi) is 6.95. The molecule has 0 radical (unpaired) electrons. The molecule has 1 aliphatic carbocycles. The first-order chi connectivity index (χ1) is 11.1. The highest BCUT2D eigenvalue weighted by molar-refractivity contribution is 8.14. The fourth-order valence-electron chi connectivity index (χ4n) is 1.91. The molecule has 6 heteroatoms. The normalized spacial score (nSPS) is 16.9. The van der Waals surface area contributed by atoms with Gasteiger partial charge in [-0.05, 0) is 37.1 Å². The highest BCUT2D eigenvalue weighted by atomic mass is 32.2. The Bertz CT molecular complexity index is 620. The minimum atomic E-state index is -0.487. The second-order valence-electron chi connectivity index (χ2n) is 4.99. The highest BCUT2D eigenvalue weighted by Crippen LogP contribution is 2.20. The van der Waals surface area contributed by atoms with Gasteiger partial charge in [0.1, 0.15) is 5.75 Å². The Labute approximate surface area is 143 Å². The number of aliphatic hydroxyl groups excluding tert-OH is 1. The summed E-state index contributed by atoms with van der Waals surface area (Å²) in [4.78, 5) is 23.8. The van der Waals surface area contributed by atoms with Gasteiger partial charge in [0.05, 0.1) is 6.10 Å². The number of aromatic hydroxyl groups is 1. The Morgan fingerprint density at radius 2 is 1.74 bits per heavy atom. The molecular weight excluding hydrogens is 332 g/mol. The molecule has 1 atom stereocenters. The molecule has 2 rings (SSSR count). The summed E-state index contributed by atoms with van der Waals surface area (Å²) in [5, 5.41) is 18.5. The zero-order chi connectivity index (χ0) is 16.7. The van der Waals surface area contributed by atoms with Gasteiger partial charge in [0.25, 0.3) is 0 Å². The van der Waals surface area contributed by atoms with Crippen molar-refractivity contribution in [2.75, 3.05) is 11.5 Å². The van der Waals surface area contributed by atoms with E-state index in [4.69, 9.17) is 0 Å². The number of hydrogen-bond acceptors (Lipinski definition) is 6. The number of thioether (sulfide) groups is 2. The van der Waals surface area contributed by atoms with Gasteiger partial charge >= 0.3 is 0 Å². The highest BCUT2D eigenvalue weighted by Gasteiger charge is 2.12. The molecule has 4 nitrogen and oxygen atoms in total. The minimum Gasteiger partial charge on any atom is -0.508 e. The molecule has 0 aromatic heterocycles. The molecule has 0 aliphatic heterocycles. The number of carbonyl (C=O) groups excluding carboxylic acids is 2. The second-order valence-corrected chi connectivity index (χ2v) is 7.13. The summed E-state index contributed by atoms with van der Waals surface area (Å²) in [6.07, 6.45) is 5.79. The Morgan fingerprint density at radius 3 is 2.35 bits per heavy atom. The van der Waals surface area contributed by atoms with E-state index in [1.807, 2.05) is 0 Å². The fraction of sp³-hybridized carbons (Fsp3) is 0.294. The van der Waals surface area contributed by atoms with Crippen LogP contribution in [0.4, 0.5) is 0 Å². The molecule has 0 saturated heterocycles. The van der Waals surface area contributed by atoms with Crippen LogP contribution in [0.15, 0.2) is 48.1 Å². The van der Waals surface area contributed by atoms with Crippen molar-refractivity contribution in [1.82, 2.24) is 0 Å². The van der Waals surface area contributed by atoms with Crippen LogP contribution in [0, 0.1) is 0 Å². The second kappa shape index (κ2) is 8.96. The zero-order valence-corrected chi connectivity index (χ0v) is 14.1. The van der Waals surface area contributed by atoms with Gasteiger partial charge in [-0.3, -0.25) is 9.59 Å². The topological polar surface area (TPSA) is 74.6 Å². The van der Waals surface area contributed by atoms with Crippen molar-refractivity contribution >= 4 is 33.8 Å². The van der Waals surface area contributed by atoms with Crippen LogP contribution in [0.5, 0.6) is 5.75 Å². The molecule has 1 aliphatic rings.